The van der Waals surface area contributed by atoms with Crippen molar-refractivity contribution in [2.45, 2.75) is 0 Å². The van der Waals surface area contributed by atoms with E-state index in [9.17, 15) is 9.90 Å². The monoisotopic (exact) mass is 341 g/mol. The Hall–Kier alpha value is -3.73. The molecule has 5 nitrogen and oxygen atoms in total. The highest BCUT2D eigenvalue weighted by Gasteiger charge is 2.16. The SMILES string of the molecule is O=c1c2ccccc2c(C=Nc2ccccc2)c(O)n1-c1ccccn1. The van der Waals surface area contributed by atoms with Crippen molar-refractivity contribution in [1.82, 2.24) is 9.55 Å². The molecule has 0 radical (unpaired) electrons. The van der Waals surface area contributed by atoms with E-state index in [1.54, 1.807) is 48.8 Å². The molecule has 0 saturated heterocycles. The lowest BCUT2D eigenvalue weighted by Crippen LogP contribution is -2.20. The van der Waals surface area contributed by atoms with E-state index in [4.69, 9.17) is 0 Å². The summed E-state index contributed by atoms with van der Waals surface area (Å²) < 4.78 is 1.20. The van der Waals surface area contributed by atoms with E-state index >= 15 is 0 Å². The minimum Gasteiger partial charge on any atom is -0.494 e. The molecule has 0 aliphatic carbocycles. The fraction of sp³-hybridized carbons (Fsp3) is 0. The molecule has 26 heavy (non-hydrogen) atoms. The van der Waals surface area contributed by atoms with Crippen LogP contribution in [0.5, 0.6) is 5.88 Å². The molecule has 0 unspecified atom stereocenters. The molecule has 4 aromatic rings. The molecule has 0 aliphatic heterocycles. The van der Waals surface area contributed by atoms with Gasteiger partial charge in [0.05, 0.1) is 11.3 Å². The number of hydrogen-bond donors (Lipinski definition) is 1. The van der Waals surface area contributed by atoms with E-state index in [0.717, 1.165) is 5.69 Å². The Morgan fingerprint density at radius 1 is 0.885 bits per heavy atom. The lowest BCUT2D eigenvalue weighted by Gasteiger charge is -2.12. The number of pyridine rings is 2. The minimum absolute atomic E-state index is 0.188. The number of hydrogen-bond acceptors (Lipinski definition) is 4. The molecular formula is C21H15N3O2. The number of aromatic hydroxyl groups is 1. The van der Waals surface area contributed by atoms with Crippen LogP contribution in [0.4, 0.5) is 5.69 Å². The summed E-state index contributed by atoms with van der Waals surface area (Å²) in [6.45, 7) is 0. The summed E-state index contributed by atoms with van der Waals surface area (Å²) in [5.74, 6) is 0.169. The third-order valence-electron chi connectivity index (χ3n) is 4.08. The van der Waals surface area contributed by atoms with E-state index in [-0.39, 0.29) is 11.4 Å². The Labute approximate surface area is 149 Å². The van der Waals surface area contributed by atoms with Crippen molar-refractivity contribution in [2.24, 2.45) is 4.99 Å². The van der Waals surface area contributed by atoms with Crippen LogP contribution >= 0.6 is 0 Å². The lowest BCUT2D eigenvalue weighted by atomic mass is 10.1. The molecule has 5 heteroatoms. The first kappa shape index (κ1) is 15.8. The van der Waals surface area contributed by atoms with Gasteiger partial charge in [-0.1, -0.05) is 42.5 Å². The van der Waals surface area contributed by atoms with Crippen molar-refractivity contribution in [3.8, 4) is 11.7 Å². The Bertz CT molecular complexity index is 1150. The van der Waals surface area contributed by atoms with Crippen LogP contribution in [0.25, 0.3) is 16.6 Å². The maximum atomic E-state index is 12.9. The minimum atomic E-state index is -0.325. The second-order valence-corrected chi connectivity index (χ2v) is 5.71. The zero-order chi connectivity index (χ0) is 17.9. The van der Waals surface area contributed by atoms with Gasteiger partial charge in [-0.2, -0.15) is 0 Å². The molecule has 2 aromatic carbocycles. The number of benzene rings is 2. The first-order valence-corrected chi connectivity index (χ1v) is 8.13. The van der Waals surface area contributed by atoms with Crippen molar-refractivity contribution in [2.75, 3.05) is 0 Å². The van der Waals surface area contributed by atoms with Gasteiger partial charge in [0.15, 0.2) is 0 Å². The molecule has 126 valence electrons. The molecule has 0 saturated carbocycles. The van der Waals surface area contributed by atoms with Crippen molar-refractivity contribution >= 4 is 22.7 Å². The average molecular weight is 341 g/mol. The lowest BCUT2D eigenvalue weighted by molar-refractivity contribution is 0.435. The van der Waals surface area contributed by atoms with Crippen molar-refractivity contribution < 1.29 is 5.11 Å². The van der Waals surface area contributed by atoms with Crippen molar-refractivity contribution in [1.29, 1.82) is 0 Å². The molecule has 0 spiro atoms. The van der Waals surface area contributed by atoms with Gasteiger partial charge in [0, 0.05) is 23.2 Å². The van der Waals surface area contributed by atoms with Gasteiger partial charge in [-0.15, -0.1) is 0 Å². The number of nitrogens with zero attached hydrogens (tertiary/aromatic N) is 3. The molecular weight excluding hydrogens is 326 g/mol. The van der Waals surface area contributed by atoms with Gasteiger partial charge in [-0.05, 0) is 30.3 Å². The summed E-state index contributed by atoms with van der Waals surface area (Å²) in [4.78, 5) is 21.5. The number of fused-ring (bicyclic) bond motifs is 1. The van der Waals surface area contributed by atoms with Gasteiger partial charge in [-0.25, -0.2) is 9.55 Å². The number of aromatic nitrogens is 2. The summed E-state index contributed by atoms with van der Waals surface area (Å²) in [5, 5.41) is 12.0. The summed E-state index contributed by atoms with van der Waals surface area (Å²) in [7, 11) is 0. The molecule has 0 aliphatic rings. The molecule has 0 bridgehead atoms. The zero-order valence-corrected chi connectivity index (χ0v) is 13.8. The fourth-order valence-corrected chi connectivity index (χ4v) is 2.84. The van der Waals surface area contributed by atoms with E-state index in [1.165, 1.54) is 4.57 Å². The molecule has 2 aromatic heterocycles. The van der Waals surface area contributed by atoms with E-state index in [2.05, 4.69) is 9.98 Å². The third-order valence-corrected chi connectivity index (χ3v) is 4.08. The quantitative estimate of drug-likeness (QED) is 0.576. The summed E-state index contributed by atoms with van der Waals surface area (Å²) in [6.07, 6.45) is 3.15. The Morgan fingerprint density at radius 2 is 1.58 bits per heavy atom. The Balaban J connectivity index is 2.00. The zero-order valence-electron chi connectivity index (χ0n) is 13.8. The van der Waals surface area contributed by atoms with Crippen LogP contribution in [-0.4, -0.2) is 20.9 Å². The van der Waals surface area contributed by atoms with Crippen LogP contribution in [0.1, 0.15) is 5.56 Å². The first-order chi connectivity index (χ1) is 12.8. The first-order valence-electron chi connectivity index (χ1n) is 8.13. The van der Waals surface area contributed by atoms with Crippen LogP contribution in [0, 0.1) is 0 Å². The Morgan fingerprint density at radius 3 is 2.31 bits per heavy atom. The van der Waals surface area contributed by atoms with Crippen LogP contribution in [0.2, 0.25) is 0 Å². The van der Waals surface area contributed by atoms with E-state index < -0.39 is 0 Å². The summed E-state index contributed by atoms with van der Waals surface area (Å²) in [6, 6.07) is 21.8. The second kappa shape index (κ2) is 6.64. The van der Waals surface area contributed by atoms with Gasteiger partial charge in [0.1, 0.15) is 5.82 Å². The Kier molecular flexibility index (Phi) is 4.03. The van der Waals surface area contributed by atoms with Crippen molar-refractivity contribution in [3.63, 3.8) is 0 Å². The fourth-order valence-electron chi connectivity index (χ4n) is 2.84. The molecule has 0 amide bonds. The number of aliphatic imine (C=N–C) groups is 1. The third kappa shape index (κ3) is 2.75. The van der Waals surface area contributed by atoms with Gasteiger partial charge in [-0.3, -0.25) is 9.79 Å². The van der Waals surface area contributed by atoms with Gasteiger partial charge < -0.3 is 5.11 Å². The van der Waals surface area contributed by atoms with E-state index in [0.29, 0.717) is 22.2 Å². The predicted octanol–water partition coefficient (Wildman–Crippen LogP) is 3.84. The van der Waals surface area contributed by atoms with Gasteiger partial charge in [0.25, 0.3) is 5.56 Å². The smallest absolute Gasteiger partial charge is 0.267 e. The van der Waals surface area contributed by atoms with Crippen LogP contribution in [0.15, 0.2) is 88.8 Å². The summed E-state index contributed by atoms with van der Waals surface area (Å²) >= 11 is 0. The van der Waals surface area contributed by atoms with Crippen molar-refractivity contribution in [3.05, 3.63) is 94.9 Å². The summed E-state index contributed by atoms with van der Waals surface area (Å²) in [5.41, 5.74) is 0.898. The van der Waals surface area contributed by atoms with Crippen LogP contribution in [-0.2, 0) is 0 Å². The molecule has 1 N–H and O–H groups in total. The maximum Gasteiger partial charge on any atom is 0.267 e. The highest BCUT2D eigenvalue weighted by molar-refractivity contribution is 6.02. The second-order valence-electron chi connectivity index (χ2n) is 5.71. The maximum absolute atomic E-state index is 12.9. The standard InChI is InChI=1S/C21H15N3O2/c25-20-17-11-5-4-10-16(17)18(14-23-15-8-2-1-3-9-15)21(26)24(20)19-12-6-7-13-22-19/h1-14,26H. The molecule has 0 atom stereocenters. The predicted molar refractivity (Wildman–Crippen MR) is 103 cm³/mol. The average Bonchev–Trinajstić information content (AvgIpc) is 2.70. The largest absolute Gasteiger partial charge is 0.494 e. The normalized spacial score (nSPS) is 11.2. The van der Waals surface area contributed by atoms with Gasteiger partial charge in [0.2, 0.25) is 5.88 Å². The van der Waals surface area contributed by atoms with E-state index in [1.807, 2.05) is 36.4 Å². The van der Waals surface area contributed by atoms with Crippen LogP contribution in [0.3, 0.4) is 0 Å². The molecule has 0 fully saturated rings. The van der Waals surface area contributed by atoms with Gasteiger partial charge >= 0.3 is 0 Å². The molecule has 4 rings (SSSR count). The topological polar surface area (TPSA) is 67.5 Å². The number of para-hydroxylation sites is 1. The van der Waals surface area contributed by atoms with Crippen LogP contribution < -0.4 is 5.56 Å². The number of rotatable bonds is 3. The molecule has 2 heterocycles. The highest BCUT2D eigenvalue weighted by atomic mass is 16.3. The highest BCUT2D eigenvalue weighted by Crippen LogP contribution is 2.25.